The number of carbonyl (C=O) groups excluding carboxylic acids is 1. The van der Waals surface area contributed by atoms with Crippen LogP contribution in [0.5, 0.6) is 0 Å². The number of nitrogens with one attached hydrogen (secondary N) is 1. The van der Waals surface area contributed by atoms with Gasteiger partial charge in [-0.1, -0.05) is 11.6 Å². The summed E-state index contributed by atoms with van der Waals surface area (Å²) in [7, 11) is 0. The minimum absolute atomic E-state index is 0.0546. The molecule has 0 spiro atoms. The zero-order valence-corrected chi connectivity index (χ0v) is 11.4. The maximum atomic E-state index is 13.5. The van der Waals surface area contributed by atoms with Crippen LogP contribution in [-0.4, -0.2) is 42.7 Å². The second kappa shape index (κ2) is 5.88. The molecule has 1 N–H and O–H groups in total. The molecule has 1 fully saturated rings. The van der Waals surface area contributed by atoms with Crippen LogP contribution in [0.15, 0.2) is 12.3 Å². The van der Waals surface area contributed by atoms with Crippen LogP contribution in [0.4, 0.5) is 14.5 Å². The molecule has 0 aromatic carbocycles. The van der Waals surface area contributed by atoms with Gasteiger partial charge in [0.15, 0.2) is 0 Å². The minimum Gasteiger partial charge on any atom is -0.462 e. The van der Waals surface area contributed by atoms with Gasteiger partial charge in [0.1, 0.15) is 23.4 Å². The standard InChI is InChI=1S/C12H13ClF2N2O3/c1-2-20-11(18)7-4-16-10(13)3-8(7)17-9-5-19-6-12(9,14)15/h3-4,9H,2,5-6H2,1H3,(H,16,17). The van der Waals surface area contributed by atoms with Crippen molar-refractivity contribution in [2.45, 2.75) is 18.9 Å². The predicted octanol–water partition coefficient (Wildman–Crippen LogP) is 2.36. The molecule has 2 rings (SSSR count). The van der Waals surface area contributed by atoms with Crippen molar-refractivity contribution in [2.75, 3.05) is 25.1 Å². The second-order valence-electron chi connectivity index (χ2n) is 4.25. The van der Waals surface area contributed by atoms with Crippen molar-refractivity contribution < 1.29 is 23.0 Å². The zero-order valence-electron chi connectivity index (χ0n) is 10.7. The lowest BCUT2D eigenvalue weighted by atomic mass is 10.1. The first-order valence-corrected chi connectivity index (χ1v) is 6.36. The molecule has 1 saturated heterocycles. The highest BCUT2D eigenvalue weighted by atomic mass is 35.5. The molecular weight excluding hydrogens is 294 g/mol. The Balaban J connectivity index is 2.25. The molecule has 0 amide bonds. The first-order valence-electron chi connectivity index (χ1n) is 5.99. The first-order chi connectivity index (χ1) is 9.44. The summed E-state index contributed by atoms with van der Waals surface area (Å²) in [5.74, 6) is -3.66. The summed E-state index contributed by atoms with van der Waals surface area (Å²) in [4.78, 5) is 15.5. The lowest BCUT2D eigenvalue weighted by Crippen LogP contribution is -2.38. The molecule has 110 valence electrons. The minimum atomic E-state index is -3.01. The summed E-state index contributed by atoms with van der Waals surface area (Å²) in [5, 5.41) is 2.67. The number of carbonyl (C=O) groups is 1. The number of hydrogen-bond donors (Lipinski definition) is 1. The molecule has 1 aliphatic rings. The SMILES string of the molecule is CCOC(=O)c1cnc(Cl)cc1NC1COCC1(F)F. The van der Waals surface area contributed by atoms with Crippen LogP contribution in [-0.2, 0) is 9.47 Å². The summed E-state index contributed by atoms with van der Waals surface area (Å²) >= 11 is 5.73. The number of pyridine rings is 1. The largest absolute Gasteiger partial charge is 0.462 e. The van der Waals surface area contributed by atoms with Crippen LogP contribution in [0.1, 0.15) is 17.3 Å². The van der Waals surface area contributed by atoms with E-state index in [0.29, 0.717) is 0 Å². The van der Waals surface area contributed by atoms with Crippen LogP contribution in [0.25, 0.3) is 0 Å². The van der Waals surface area contributed by atoms with E-state index in [9.17, 15) is 13.6 Å². The molecule has 1 unspecified atom stereocenters. The Morgan fingerprint density at radius 1 is 1.70 bits per heavy atom. The molecule has 20 heavy (non-hydrogen) atoms. The van der Waals surface area contributed by atoms with Crippen molar-refractivity contribution in [3.05, 3.63) is 23.0 Å². The molecule has 1 aromatic rings. The molecule has 1 aliphatic heterocycles. The fourth-order valence-electron chi connectivity index (χ4n) is 1.79. The highest BCUT2D eigenvalue weighted by Crippen LogP contribution is 2.30. The monoisotopic (exact) mass is 306 g/mol. The van der Waals surface area contributed by atoms with Crippen molar-refractivity contribution in [3.8, 4) is 0 Å². The fraction of sp³-hybridized carbons (Fsp3) is 0.500. The van der Waals surface area contributed by atoms with Gasteiger partial charge in [0.05, 0.1) is 18.9 Å². The van der Waals surface area contributed by atoms with Gasteiger partial charge in [-0.2, -0.15) is 0 Å². The Kier molecular flexibility index (Phi) is 4.39. The summed E-state index contributed by atoms with van der Waals surface area (Å²) < 4.78 is 36.6. The normalized spacial score (nSPS) is 20.7. The number of rotatable bonds is 4. The van der Waals surface area contributed by atoms with E-state index in [1.54, 1.807) is 6.92 Å². The predicted molar refractivity (Wildman–Crippen MR) is 68.4 cm³/mol. The van der Waals surface area contributed by atoms with Crippen molar-refractivity contribution >= 4 is 23.3 Å². The number of hydrogen-bond acceptors (Lipinski definition) is 5. The van der Waals surface area contributed by atoms with E-state index in [1.807, 2.05) is 0 Å². The van der Waals surface area contributed by atoms with E-state index < -0.39 is 24.5 Å². The number of anilines is 1. The Labute approximate surface area is 119 Å². The zero-order chi connectivity index (χ0) is 14.8. The first kappa shape index (κ1) is 14.9. The maximum Gasteiger partial charge on any atom is 0.341 e. The summed E-state index contributed by atoms with van der Waals surface area (Å²) in [6.07, 6.45) is 1.19. The van der Waals surface area contributed by atoms with E-state index in [0.717, 1.165) is 0 Å². The van der Waals surface area contributed by atoms with Gasteiger partial charge in [-0.3, -0.25) is 0 Å². The lowest BCUT2D eigenvalue weighted by Gasteiger charge is -2.20. The topological polar surface area (TPSA) is 60.5 Å². The van der Waals surface area contributed by atoms with Crippen molar-refractivity contribution in [1.29, 1.82) is 0 Å². The third kappa shape index (κ3) is 3.16. The number of nitrogens with zero attached hydrogens (tertiary/aromatic N) is 1. The lowest BCUT2D eigenvalue weighted by molar-refractivity contribution is -0.0132. The van der Waals surface area contributed by atoms with Gasteiger partial charge in [-0.05, 0) is 13.0 Å². The van der Waals surface area contributed by atoms with E-state index in [4.69, 9.17) is 21.1 Å². The van der Waals surface area contributed by atoms with Gasteiger partial charge in [0, 0.05) is 6.20 Å². The molecule has 8 heteroatoms. The third-order valence-corrected chi connectivity index (χ3v) is 2.99. The Bertz CT molecular complexity index is 513. The average molecular weight is 307 g/mol. The van der Waals surface area contributed by atoms with Crippen LogP contribution in [0, 0.1) is 0 Å². The summed E-state index contributed by atoms with van der Waals surface area (Å²) in [6.45, 7) is 1.00. The second-order valence-corrected chi connectivity index (χ2v) is 4.63. The van der Waals surface area contributed by atoms with Gasteiger partial charge in [0.2, 0.25) is 0 Å². The molecule has 0 bridgehead atoms. The van der Waals surface area contributed by atoms with Gasteiger partial charge in [-0.25, -0.2) is 18.6 Å². The average Bonchev–Trinajstić information content (AvgIpc) is 2.69. The molecule has 2 heterocycles. The molecular formula is C12H13ClF2N2O3. The highest BCUT2D eigenvalue weighted by molar-refractivity contribution is 6.29. The Morgan fingerprint density at radius 3 is 3.05 bits per heavy atom. The number of aromatic nitrogens is 1. The third-order valence-electron chi connectivity index (χ3n) is 2.78. The van der Waals surface area contributed by atoms with E-state index in [-0.39, 0.29) is 29.6 Å². The number of halogens is 3. The van der Waals surface area contributed by atoms with Gasteiger partial charge >= 0.3 is 5.97 Å². The van der Waals surface area contributed by atoms with Crippen LogP contribution in [0.3, 0.4) is 0 Å². The van der Waals surface area contributed by atoms with Gasteiger partial charge in [-0.15, -0.1) is 0 Å². The van der Waals surface area contributed by atoms with Crippen LogP contribution < -0.4 is 5.32 Å². The quantitative estimate of drug-likeness (QED) is 0.683. The van der Waals surface area contributed by atoms with Crippen molar-refractivity contribution in [3.63, 3.8) is 0 Å². The van der Waals surface area contributed by atoms with Crippen LogP contribution >= 0.6 is 11.6 Å². The number of alkyl halides is 2. The van der Waals surface area contributed by atoms with Gasteiger partial charge in [0.25, 0.3) is 5.92 Å². The number of esters is 1. The smallest absolute Gasteiger partial charge is 0.341 e. The highest BCUT2D eigenvalue weighted by Gasteiger charge is 2.45. The molecule has 1 aromatic heterocycles. The molecule has 0 radical (unpaired) electrons. The Hall–Kier alpha value is -1.47. The summed E-state index contributed by atoms with van der Waals surface area (Å²) in [6, 6.07) is 0.0801. The molecule has 1 atom stereocenters. The maximum absolute atomic E-state index is 13.5. The Morgan fingerprint density at radius 2 is 2.45 bits per heavy atom. The van der Waals surface area contributed by atoms with Gasteiger partial charge < -0.3 is 14.8 Å². The van der Waals surface area contributed by atoms with E-state index in [2.05, 4.69) is 10.3 Å². The fourth-order valence-corrected chi connectivity index (χ4v) is 1.95. The van der Waals surface area contributed by atoms with E-state index >= 15 is 0 Å². The molecule has 5 nitrogen and oxygen atoms in total. The van der Waals surface area contributed by atoms with Crippen LogP contribution in [0.2, 0.25) is 5.15 Å². The molecule has 0 aliphatic carbocycles. The molecule has 0 saturated carbocycles. The number of ether oxygens (including phenoxy) is 2. The summed E-state index contributed by atoms with van der Waals surface area (Å²) in [5.41, 5.74) is 0.206. The van der Waals surface area contributed by atoms with E-state index in [1.165, 1.54) is 12.3 Å². The van der Waals surface area contributed by atoms with Crippen molar-refractivity contribution in [2.24, 2.45) is 0 Å². The van der Waals surface area contributed by atoms with Crippen molar-refractivity contribution in [1.82, 2.24) is 4.98 Å².